The second-order valence-corrected chi connectivity index (χ2v) is 9.29. The molecule has 1 aliphatic heterocycles. The van der Waals surface area contributed by atoms with E-state index in [9.17, 15) is 14.4 Å². The summed E-state index contributed by atoms with van der Waals surface area (Å²) in [6.07, 6.45) is 1.75. The van der Waals surface area contributed by atoms with E-state index in [0.717, 1.165) is 5.56 Å². The summed E-state index contributed by atoms with van der Waals surface area (Å²) >= 11 is 1.22. The molecule has 0 amide bonds. The topological polar surface area (TPSA) is 105 Å². The SMILES string of the molecule is CCOC(=O)C1=C(C)N=c2sc(=Cc3ccccc3OC)c(=O)n2C1c1ccc(OC(C)=O)c(OCC)c1. The van der Waals surface area contributed by atoms with Crippen molar-refractivity contribution >= 4 is 29.4 Å². The largest absolute Gasteiger partial charge is 0.496 e. The third-order valence-electron chi connectivity index (χ3n) is 5.78. The van der Waals surface area contributed by atoms with Crippen LogP contribution in [0.2, 0.25) is 0 Å². The number of methoxy groups -OCH3 is 1. The van der Waals surface area contributed by atoms with Gasteiger partial charge in [0, 0.05) is 12.5 Å². The van der Waals surface area contributed by atoms with Crippen LogP contribution in [0.1, 0.15) is 44.9 Å². The molecule has 0 saturated carbocycles. The molecule has 1 aromatic heterocycles. The average molecular weight is 537 g/mol. The van der Waals surface area contributed by atoms with Crippen molar-refractivity contribution in [2.24, 2.45) is 4.99 Å². The molecule has 0 N–H and O–H groups in total. The van der Waals surface area contributed by atoms with Crippen molar-refractivity contribution in [2.45, 2.75) is 33.7 Å². The van der Waals surface area contributed by atoms with Gasteiger partial charge in [0.05, 0.1) is 42.2 Å². The predicted octanol–water partition coefficient (Wildman–Crippen LogP) is 3.13. The predicted molar refractivity (Wildman–Crippen MR) is 142 cm³/mol. The molecule has 2 heterocycles. The lowest BCUT2D eigenvalue weighted by atomic mass is 9.95. The summed E-state index contributed by atoms with van der Waals surface area (Å²) in [7, 11) is 1.57. The maximum atomic E-state index is 13.8. The van der Waals surface area contributed by atoms with Crippen molar-refractivity contribution in [3.8, 4) is 17.2 Å². The van der Waals surface area contributed by atoms with Crippen molar-refractivity contribution < 1.29 is 28.5 Å². The third kappa shape index (κ3) is 5.26. The first-order chi connectivity index (χ1) is 18.3. The molecule has 2 aromatic carbocycles. The number of nitrogens with zero attached hydrogens (tertiary/aromatic N) is 2. The highest BCUT2D eigenvalue weighted by molar-refractivity contribution is 7.07. The number of fused-ring (bicyclic) bond motifs is 1. The first-order valence-corrected chi connectivity index (χ1v) is 12.9. The van der Waals surface area contributed by atoms with E-state index >= 15 is 0 Å². The van der Waals surface area contributed by atoms with E-state index in [1.54, 1.807) is 52.2 Å². The molecule has 0 fully saturated rings. The van der Waals surface area contributed by atoms with Gasteiger partial charge in [-0.15, -0.1) is 0 Å². The molecule has 10 heteroatoms. The van der Waals surface area contributed by atoms with Crippen LogP contribution >= 0.6 is 11.3 Å². The number of rotatable bonds is 8. The maximum absolute atomic E-state index is 13.8. The number of aromatic nitrogens is 1. The first kappa shape index (κ1) is 26.9. The summed E-state index contributed by atoms with van der Waals surface area (Å²) in [5.41, 5.74) is 1.68. The van der Waals surface area contributed by atoms with E-state index in [-0.39, 0.29) is 23.5 Å². The summed E-state index contributed by atoms with van der Waals surface area (Å²) in [5.74, 6) is 0.116. The fourth-order valence-electron chi connectivity index (χ4n) is 4.24. The molecule has 1 unspecified atom stereocenters. The average Bonchev–Trinajstić information content (AvgIpc) is 3.18. The van der Waals surface area contributed by atoms with Crippen molar-refractivity contribution in [2.75, 3.05) is 20.3 Å². The molecule has 0 spiro atoms. The maximum Gasteiger partial charge on any atom is 0.338 e. The van der Waals surface area contributed by atoms with E-state index in [0.29, 0.717) is 38.7 Å². The Morgan fingerprint density at radius 2 is 1.84 bits per heavy atom. The number of hydrogen-bond acceptors (Lipinski definition) is 9. The smallest absolute Gasteiger partial charge is 0.338 e. The van der Waals surface area contributed by atoms with E-state index in [1.807, 2.05) is 24.3 Å². The summed E-state index contributed by atoms with van der Waals surface area (Å²) in [4.78, 5) is 43.6. The molecule has 198 valence electrons. The molecule has 3 aromatic rings. The Labute approximate surface area is 223 Å². The zero-order valence-corrected chi connectivity index (χ0v) is 22.6. The van der Waals surface area contributed by atoms with Crippen molar-refractivity contribution in [3.63, 3.8) is 0 Å². The number of esters is 2. The van der Waals surface area contributed by atoms with Crippen LogP contribution in [0.3, 0.4) is 0 Å². The lowest BCUT2D eigenvalue weighted by molar-refractivity contribution is -0.139. The minimum absolute atomic E-state index is 0.163. The Morgan fingerprint density at radius 3 is 2.53 bits per heavy atom. The number of hydrogen-bond donors (Lipinski definition) is 0. The summed E-state index contributed by atoms with van der Waals surface area (Å²) in [6.45, 7) is 7.02. The zero-order valence-electron chi connectivity index (χ0n) is 21.8. The quantitative estimate of drug-likeness (QED) is 0.322. The fourth-order valence-corrected chi connectivity index (χ4v) is 5.27. The van der Waals surface area contributed by atoms with Gasteiger partial charge in [-0.1, -0.05) is 35.6 Å². The van der Waals surface area contributed by atoms with Gasteiger partial charge >= 0.3 is 11.9 Å². The number of para-hydroxylation sites is 1. The Morgan fingerprint density at radius 1 is 1.08 bits per heavy atom. The minimum atomic E-state index is -0.837. The van der Waals surface area contributed by atoms with Gasteiger partial charge in [-0.25, -0.2) is 9.79 Å². The minimum Gasteiger partial charge on any atom is -0.496 e. The number of carbonyl (C=O) groups is 2. The van der Waals surface area contributed by atoms with Crippen LogP contribution in [-0.4, -0.2) is 36.8 Å². The molecule has 0 radical (unpaired) electrons. The Bertz CT molecular complexity index is 1600. The molecule has 4 rings (SSSR count). The Balaban J connectivity index is 1.97. The molecule has 38 heavy (non-hydrogen) atoms. The lowest BCUT2D eigenvalue weighted by Gasteiger charge is -2.25. The van der Waals surface area contributed by atoms with Gasteiger partial charge in [-0.3, -0.25) is 14.2 Å². The molecule has 0 bridgehead atoms. The van der Waals surface area contributed by atoms with Crippen molar-refractivity contribution in [1.82, 2.24) is 4.57 Å². The number of ether oxygens (including phenoxy) is 4. The van der Waals surface area contributed by atoms with Crippen LogP contribution in [0, 0.1) is 0 Å². The van der Waals surface area contributed by atoms with Crippen LogP contribution in [-0.2, 0) is 14.3 Å². The molecular weight excluding hydrogens is 508 g/mol. The van der Waals surface area contributed by atoms with Crippen LogP contribution < -0.4 is 29.1 Å². The zero-order chi connectivity index (χ0) is 27.4. The highest BCUT2D eigenvalue weighted by atomic mass is 32.1. The van der Waals surface area contributed by atoms with Gasteiger partial charge in [0.2, 0.25) is 0 Å². The normalized spacial score (nSPS) is 15.0. The van der Waals surface area contributed by atoms with Crippen LogP contribution in [0.5, 0.6) is 17.2 Å². The van der Waals surface area contributed by atoms with Gasteiger partial charge in [0.15, 0.2) is 16.3 Å². The Kier molecular flexibility index (Phi) is 8.11. The molecule has 0 aliphatic carbocycles. The summed E-state index contributed by atoms with van der Waals surface area (Å²) in [5, 5.41) is 0. The van der Waals surface area contributed by atoms with E-state index in [1.165, 1.54) is 22.8 Å². The molecule has 1 aliphatic rings. The van der Waals surface area contributed by atoms with E-state index in [4.69, 9.17) is 18.9 Å². The standard InChI is InChI=1S/C28H28N2O7S/c1-6-35-22-14-19(12-13-21(22)37-17(4)31)25-24(27(33)36-7-2)16(3)29-28-30(25)26(32)23(38-28)15-18-10-8-9-11-20(18)34-5/h8-15,25H,6-7H2,1-5H3. The van der Waals surface area contributed by atoms with Crippen molar-refractivity contribution in [1.29, 1.82) is 0 Å². The van der Waals surface area contributed by atoms with Crippen LogP contribution in [0.4, 0.5) is 0 Å². The molecule has 1 atom stereocenters. The van der Waals surface area contributed by atoms with Gasteiger partial charge < -0.3 is 18.9 Å². The number of benzene rings is 2. The number of allylic oxidation sites excluding steroid dienone is 1. The second kappa shape index (κ2) is 11.5. The molecule has 0 saturated heterocycles. The first-order valence-electron chi connectivity index (χ1n) is 12.1. The van der Waals surface area contributed by atoms with Crippen molar-refractivity contribution in [3.05, 3.63) is 84.5 Å². The summed E-state index contributed by atoms with van der Waals surface area (Å²) < 4.78 is 23.7. The third-order valence-corrected chi connectivity index (χ3v) is 6.76. The summed E-state index contributed by atoms with van der Waals surface area (Å²) in [6, 6.07) is 11.5. The van der Waals surface area contributed by atoms with Crippen LogP contribution in [0.15, 0.2) is 63.5 Å². The second-order valence-electron chi connectivity index (χ2n) is 8.28. The number of carbonyl (C=O) groups excluding carboxylic acids is 2. The molecular formula is C28H28N2O7S. The number of thiazole rings is 1. The van der Waals surface area contributed by atoms with E-state index < -0.39 is 18.0 Å². The van der Waals surface area contributed by atoms with Gasteiger partial charge in [0.25, 0.3) is 5.56 Å². The van der Waals surface area contributed by atoms with Crippen LogP contribution in [0.25, 0.3) is 6.08 Å². The van der Waals surface area contributed by atoms with Gasteiger partial charge in [-0.2, -0.15) is 0 Å². The Hall–Kier alpha value is -4.18. The van der Waals surface area contributed by atoms with E-state index in [2.05, 4.69) is 4.99 Å². The fraction of sp³-hybridized carbons (Fsp3) is 0.286. The highest BCUT2D eigenvalue weighted by Crippen LogP contribution is 2.36. The monoisotopic (exact) mass is 536 g/mol. The molecule has 9 nitrogen and oxygen atoms in total. The highest BCUT2D eigenvalue weighted by Gasteiger charge is 2.34. The van der Waals surface area contributed by atoms with Gasteiger partial charge in [0.1, 0.15) is 5.75 Å². The lowest BCUT2D eigenvalue weighted by Crippen LogP contribution is -2.40. The van der Waals surface area contributed by atoms with Gasteiger partial charge in [-0.05, 0) is 50.6 Å².